The van der Waals surface area contributed by atoms with E-state index in [0.717, 1.165) is 27.6 Å². The molecular weight excluding hydrogens is 623 g/mol. The van der Waals surface area contributed by atoms with Crippen molar-refractivity contribution in [2.24, 2.45) is 0 Å². The first-order valence-electron chi connectivity index (χ1n) is 10.5. The predicted octanol–water partition coefficient (Wildman–Crippen LogP) is 6.75. The number of fused-ring (bicyclic) bond motifs is 2. The molecule has 0 atom stereocenters. The Morgan fingerprint density at radius 1 is 0.853 bits per heavy atom. The minimum Gasteiger partial charge on any atom is -0.510 e. The van der Waals surface area contributed by atoms with E-state index in [9.17, 15) is 0 Å². The summed E-state index contributed by atoms with van der Waals surface area (Å²) in [7, 11) is 2.01. The van der Waals surface area contributed by atoms with E-state index in [1.165, 1.54) is 4.90 Å². The van der Waals surface area contributed by atoms with Gasteiger partial charge in [-0.1, -0.05) is 34.5 Å². The summed E-state index contributed by atoms with van der Waals surface area (Å²) >= 11 is 1.73. The van der Waals surface area contributed by atoms with Crippen LogP contribution in [-0.2, 0) is 21.1 Å². The maximum atomic E-state index is 5.99. The van der Waals surface area contributed by atoms with Gasteiger partial charge in [-0.15, -0.1) is 36.0 Å². The molecule has 0 saturated carbocycles. The van der Waals surface area contributed by atoms with Gasteiger partial charge in [-0.2, -0.15) is 30.6 Å². The molecule has 7 heteroatoms. The first-order chi connectivity index (χ1) is 16.2. The van der Waals surface area contributed by atoms with Crippen molar-refractivity contribution in [3.8, 4) is 11.6 Å². The van der Waals surface area contributed by atoms with Crippen LogP contribution in [0.2, 0.25) is 0 Å². The smallest absolute Gasteiger partial charge is 0.216 e. The molecule has 0 N–H and O–H groups in total. The van der Waals surface area contributed by atoms with Crippen molar-refractivity contribution in [3.05, 3.63) is 110 Å². The Morgan fingerprint density at radius 2 is 1.71 bits per heavy atom. The molecule has 5 nitrogen and oxygen atoms in total. The van der Waals surface area contributed by atoms with Crippen molar-refractivity contribution in [3.63, 3.8) is 0 Å². The average molecular weight is 643 g/mol. The fourth-order valence-electron chi connectivity index (χ4n) is 3.81. The molecule has 0 saturated heterocycles. The molecule has 1 aromatic heterocycles. The molecule has 3 heterocycles. The fraction of sp³-hybridized carbons (Fsp3) is 0.0370. The number of para-hydroxylation sites is 1. The number of hydrogen-bond donors (Lipinski definition) is 0. The standard InChI is InChI=1S/C27H19N4OS.Pt/c1-29-15-16-30(19-29)20-7-6-8-21(17-20)31-23-9-2-3-10-25(23)33-26-13-12-22(18-24(26)31)32-27-11-4-5-14-28-27;/h2-16,19H,1H3;/q-3;. The quantitative estimate of drug-likeness (QED) is 0.202. The summed E-state index contributed by atoms with van der Waals surface area (Å²) in [4.78, 5) is 12.8. The molecule has 0 bridgehead atoms. The molecular formula is C27H19N4OPtS-3. The van der Waals surface area contributed by atoms with E-state index in [0.29, 0.717) is 11.6 Å². The van der Waals surface area contributed by atoms with E-state index in [4.69, 9.17) is 4.74 Å². The zero-order chi connectivity index (χ0) is 22.2. The molecule has 0 fully saturated rings. The maximum Gasteiger partial charge on any atom is 0.216 e. The zero-order valence-electron chi connectivity index (χ0n) is 18.2. The molecule has 3 aromatic carbocycles. The van der Waals surface area contributed by atoms with Gasteiger partial charge in [0.2, 0.25) is 5.88 Å². The van der Waals surface area contributed by atoms with Crippen LogP contribution >= 0.6 is 11.8 Å². The summed E-state index contributed by atoms with van der Waals surface area (Å²) < 4.78 is 5.99. The number of aromatic nitrogens is 1. The second-order valence-corrected chi connectivity index (χ2v) is 8.70. The molecule has 2 aliphatic rings. The van der Waals surface area contributed by atoms with Crippen molar-refractivity contribution in [2.75, 3.05) is 16.8 Å². The van der Waals surface area contributed by atoms with E-state index >= 15 is 0 Å². The zero-order valence-corrected chi connectivity index (χ0v) is 21.2. The van der Waals surface area contributed by atoms with Crippen molar-refractivity contribution in [1.29, 1.82) is 0 Å². The maximum absolute atomic E-state index is 5.99. The van der Waals surface area contributed by atoms with Crippen LogP contribution in [0, 0.1) is 18.8 Å². The van der Waals surface area contributed by atoms with Crippen molar-refractivity contribution < 1.29 is 25.8 Å². The minimum atomic E-state index is 0. The van der Waals surface area contributed by atoms with E-state index < -0.39 is 0 Å². The summed E-state index contributed by atoms with van der Waals surface area (Å²) in [6.45, 7) is 2.02. The number of rotatable bonds is 4. The van der Waals surface area contributed by atoms with Crippen LogP contribution in [0.25, 0.3) is 0 Å². The summed E-state index contributed by atoms with van der Waals surface area (Å²) in [6.07, 6.45) is 5.75. The normalized spacial score (nSPS) is 13.9. The number of hydrogen-bond acceptors (Lipinski definition) is 6. The Kier molecular flexibility index (Phi) is 6.35. The molecule has 0 unspecified atom stereocenters. The van der Waals surface area contributed by atoms with E-state index in [1.54, 1.807) is 18.0 Å². The molecule has 0 radical (unpaired) electrons. The Balaban J connectivity index is 0.00000241. The molecule has 0 spiro atoms. The number of nitrogens with zero attached hydrogens (tertiary/aromatic N) is 4. The fourth-order valence-corrected chi connectivity index (χ4v) is 4.84. The van der Waals surface area contributed by atoms with Crippen LogP contribution in [0.1, 0.15) is 0 Å². The summed E-state index contributed by atoms with van der Waals surface area (Å²) in [6, 6.07) is 31.3. The molecule has 34 heavy (non-hydrogen) atoms. The number of benzene rings is 3. The van der Waals surface area contributed by atoms with E-state index in [1.807, 2.05) is 55.3 Å². The number of anilines is 4. The van der Waals surface area contributed by atoms with Gasteiger partial charge < -0.3 is 19.4 Å². The second kappa shape index (κ2) is 9.57. The topological polar surface area (TPSA) is 31.8 Å². The van der Waals surface area contributed by atoms with Gasteiger partial charge in [0.15, 0.2) is 0 Å². The molecule has 0 amide bonds. The first kappa shape index (κ1) is 22.6. The van der Waals surface area contributed by atoms with Crippen LogP contribution in [0.5, 0.6) is 11.6 Å². The summed E-state index contributed by atoms with van der Waals surface area (Å²) in [5.74, 6) is 1.16. The van der Waals surface area contributed by atoms with Gasteiger partial charge in [-0.3, -0.25) is 0 Å². The molecule has 172 valence electrons. The Morgan fingerprint density at radius 3 is 2.53 bits per heavy atom. The third kappa shape index (κ3) is 4.31. The van der Waals surface area contributed by atoms with Crippen LogP contribution in [0.4, 0.5) is 22.7 Å². The SMILES string of the molecule is CN1C=CN(c2[c-]c(N3c4[c-]c(Oc5ccccn5)ccc4Sc4ccccc43)ccc2)[CH-]1.[Pt]. The van der Waals surface area contributed by atoms with Gasteiger partial charge in [0, 0.05) is 44.0 Å². The van der Waals surface area contributed by atoms with Gasteiger partial charge in [0.1, 0.15) is 0 Å². The van der Waals surface area contributed by atoms with Gasteiger partial charge in [0.25, 0.3) is 0 Å². The number of pyridine rings is 1. The largest absolute Gasteiger partial charge is 0.510 e. The third-order valence-corrected chi connectivity index (χ3v) is 6.43. The van der Waals surface area contributed by atoms with Crippen LogP contribution < -0.4 is 14.5 Å². The second-order valence-electron chi connectivity index (χ2n) is 7.62. The third-order valence-electron chi connectivity index (χ3n) is 5.32. The van der Waals surface area contributed by atoms with Crippen molar-refractivity contribution in [1.82, 2.24) is 9.88 Å². The average Bonchev–Trinajstić information content (AvgIpc) is 3.30. The van der Waals surface area contributed by atoms with Crippen LogP contribution in [0.15, 0.2) is 101 Å². The first-order valence-corrected chi connectivity index (χ1v) is 11.3. The van der Waals surface area contributed by atoms with Gasteiger partial charge in [-0.25, -0.2) is 4.98 Å². The minimum absolute atomic E-state index is 0. The van der Waals surface area contributed by atoms with Crippen molar-refractivity contribution in [2.45, 2.75) is 9.79 Å². The molecule has 2 aliphatic heterocycles. The molecule has 0 aliphatic carbocycles. The van der Waals surface area contributed by atoms with Gasteiger partial charge in [0.05, 0.1) is 5.69 Å². The predicted molar refractivity (Wildman–Crippen MR) is 131 cm³/mol. The van der Waals surface area contributed by atoms with Crippen LogP contribution in [0.3, 0.4) is 0 Å². The molecule has 4 aromatic rings. The molecule has 6 rings (SSSR count). The monoisotopic (exact) mass is 642 g/mol. The summed E-state index contributed by atoms with van der Waals surface area (Å²) in [5, 5.41) is 0. The van der Waals surface area contributed by atoms with Gasteiger partial charge in [-0.05, 0) is 37.6 Å². The van der Waals surface area contributed by atoms with E-state index in [2.05, 4.69) is 75.4 Å². The summed E-state index contributed by atoms with van der Waals surface area (Å²) in [5.41, 5.74) is 3.92. The Labute approximate surface area is 217 Å². The number of ether oxygens (including phenoxy) is 1. The van der Waals surface area contributed by atoms with Crippen molar-refractivity contribution >= 4 is 34.5 Å². The Bertz CT molecular complexity index is 1350. The Hall–Kier alpha value is -3.21. The van der Waals surface area contributed by atoms with Crippen LogP contribution in [-0.4, -0.2) is 16.9 Å². The van der Waals surface area contributed by atoms with Gasteiger partial charge >= 0.3 is 0 Å². The van der Waals surface area contributed by atoms with E-state index in [-0.39, 0.29) is 21.1 Å².